The van der Waals surface area contributed by atoms with Gasteiger partial charge in [0.05, 0.1) is 12.6 Å². The summed E-state index contributed by atoms with van der Waals surface area (Å²) in [4.78, 5) is 25.5. The molecule has 0 aliphatic carbocycles. The van der Waals surface area contributed by atoms with Crippen molar-refractivity contribution in [3.05, 3.63) is 113 Å². The first-order valence-electron chi connectivity index (χ1n) is 11.8. The molecular formula is C29H31ClN2O5. The molecule has 3 aromatic carbocycles. The highest BCUT2D eigenvalue weighted by atomic mass is 35.5. The molecule has 0 aliphatic heterocycles. The molecule has 0 saturated heterocycles. The second-order valence-corrected chi connectivity index (χ2v) is 9.05. The van der Waals surface area contributed by atoms with E-state index in [1.54, 1.807) is 29.7 Å². The molecule has 0 bridgehead atoms. The number of nitrogens with one attached hydrogen (secondary N) is 2. The number of hydrogen-bond acceptors (Lipinski definition) is 5. The van der Waals surface area contributed by atoms with Crippen molar-refractivity contribution in [2.45, 2.75) is 18.9 Å². The zero-order valence-electron chi connectivity index (χ0n) is 20.7. The Morgan fingerprint density at radius 2 is 1.54 bits per heavy atom. The van der Waals surface area contributed by atoms with E-state index >= 15 is 0 Å². The van der Waals surface area contributed by atoms with E-state index in [1.165, 1.54) is 7.11 Å². The molecule has 7 nitrogen and oxygen atoms in total. The Morgan fingerprint density at radius 3 is 2.14 bits per heavy atom. The molecule has 0 radical (unpaired) electrons. The fourth-order valence-corrected chi connectivity index (χ4v) is 4.09. The quantitative estimate of drug-likeness (QED) is 0.129. The van der Waals surface area contributed by atoms with Gasteiger partial charge in [0, 0.05) is 23.6 Å². The Hall–Kier alpha value is -3.49. The number of rotatable bonds is 13. The average molecular weight is 523 g/mol. The summed E-state index contributed by atoms with van der Waals surface area (Å²) in [5.41, 5.74) is 5.76. The van der Waals surface area contributed by atoms with Crippen molar-refractivity contribution in [1.82, 2.24) is 10.8 Å². The van der Waals surface area contributed by atoms with Crippen LogP contribution in [0, 0.1) is 5.92 Å². The van der Waals surface area contributed by atoms with Crippen LogP contribution in [0.1, 0.15) is 33.5 Å². The van der Waals surface area contributed by atoms with Gasteiger partial charge in [-0.05, 0) is 59.4 Å². The van der Waals surface area contributed by atoms with Gasteiger partial charge in [-0.15, -0.1) is 0 Å². The maximum atomic E-state index is 13.1. The van der Waals surface area contributed by atoms with E-state index in [2.05, 4.69) is 11.9 Å². The van der Waals surface area contributed by atoms with Crippen LogP contribution in [0.5, 0.6) is 0 Å². The number of ether oxygens (including phenoxy) is 2. The van der Waals surface area contributed by atoms with E-state index in [1.807, 2.05) is 54.6 Å². The predicted molar refractivity (Wildman–Crippen MR) is 143 cm³/mol. The van der Waals surface area contributed by atoms with Crippen LogP contribution in [0.25, 0.3) is 5.57 Å². The van der Waals surface area contributed by atoms with Crippen LogP contribution in [0.3, 0.4) is 0 Å². The van der Waals surface area contributed by atoms with Crippen molar-refractivity contribution in [3.8, 4) is 0 Å². The lowest BCUT2D eigenvalue weighted by molar-refractivity contribution is -0.134. The van der Waals surface area contributed by atoms with Crippen molar-refractivity contribution < 1.29 is 24.3 Å². The standard InChI is InChI=1S/C29H31ClN2O5/c1-20(23-12-14-26(30)15-13-23)22-8-10-24(11-9-22)28(33)31-27(18-37-19-36-2)17-25(29(34)32-35)16-21-6-4-3-5-7-21/h3-15,25,27,35H,1,16-19H2,2H3,(H,31,33)(H,32,34). The lowest BCUT2D eigenvalue weighted by Gasteiger charge is -2.24. The molecule has 0 heterocycles. The van der Waals surface area contributed by atoms with Crippen molar-refractivity contribution in [2.75, 3.05) is 20.5 Å². The third-order valence-electron chi connectivity index (χ3n) is 5.92. The van der Waals surface area contributed by atoms with Crippen molar-refractivity contribution in [2.24, 2.45) is 5.92 Å². The second kappa shape index (κ2) is 14.3. The van der Waals surface area contributed by atoms with Crippen LogP contribution in [0.2, 0.25) is 5.02 Å². The number of halogens is 1. The van der Waals surface area contributed by atoms with Crippen LogP contribution < -0.4 is 10.8 Å². The zero-order chi connectivity index (χ0) is 26.6. The van der Waals surface area contributed by atoms with Crippen LogP contribution >= 0.6 is 11.6 Å². The molecule has 0 aromatic heterocycles. The molecule has 2 amide bonds. The summed E-state index contributed by atoms with van der Waals surface area (Å²) in [7, 11) is 1.50. The molecule has 37 heavy (non-hydrogen) atoms. The van der Waals surface area contributed by atoms with Crippen LogP contribution in [-0.2, 0) is 20.7 Å². The van der Waals surface area contributed by atoms with Gasteiger partial charge in [0.1, 0.15) is 6.79 Å². The highest BCUT2D eigenvalue weighted by Gasteiger charge is 2.25. The normalized spacial score (nSPS) is 12.4. The monoisotopic (exact) mass is 522 g/mol. The van der Waals surface area contributed by atoms with Gasteiger partial charge in [0.15, 0.2) is 0 Å². The number of amides is 2. The first-order chi connectivity index (χ1) is 17.9. The fraction of sp³-hybridized carbons (Fsp3) is 0.241. The molecule has 0 saturated carbocycles. The zero-order valence-corrected chi connectivity index (χ0v) is 21.4. The number of methoxy groups -OCH3 is 1. The van der Waals surface area contributed by atoms with Gasteiger partial charge in [-0.3, -0.25) is 14.8 Å². The minimum Gasteiger partial charge on any atom is -0.359 e. The summed E-state index contributed by atoms with van der Waals surface area (Å²) >= 11 is 5.97. The Bertz CT molecular complexity index is 1170. The summed E-state index contributed by atoms with van der Waals surface area (Å²) in [6, 6.07) is 23.5. The lowest BCUT2D eigenvalue weighted by Crippen LogP contribution is -2.42. The Morgan fingerprint density at radius 1 is 0.946 bits per heavy atom. The summed E-state index contributed by atoms with van der Waals surface area (Å²) in [5, 5.41) is 12.9. The number of hydrogen-bond donors (Lipinski definition) is 3. The number of hydroxylamine groups is 1. The Balaban J connectivity index is 1.71. The number of benzene rings is 3. The molecule has 0 spiro atoms. The highest BCUT2D eigenvalue weighted by Crippen LogP contribution is 2.23. The largest absolute Gasteiger partial charge is 0.359 e. The van der Waals surface area contributed by atoms with Gasteiger partial charge in [-0.2, -0.15) is 0 Å². The number of carbonyl (C=O) groups excluding carboxylic acids is 2. The Kier molecular flexibility index (Phi) is 10.9. The third kappa shape index (κ3) is 8.55. The highest BCUT2D eigenvalue weighted by molar-refractivity contribution is 6.30. The molecule has 8 heteroatoms. The van der Waals surface area contributed by atoms with Gasteiger partial charge >= 0.3 is 0 Å². The molecule has 3 aromatic rings. The first-order valence-corrected chi connectivity index (χ1v) is 12.2. The van der Waals surface area contributed by atoms with Gasteiger partial charge in [-0.25, -0.2) is 5.48 Å². The Labute approximate surface area is 222 Å². The molecule has 0 aliphatic rings. The molecule has 0 fully saturated rings. The maximum absolute atomic E-state index is 13.1. The van der Waals surface area contributed by atoms with Crippen molar-refractivity contribution >= 4 is 29.0 Å². The molecule has 3 N–H and O–H groups in total. The van der Waals surface area contributed by atoms with Crippen LogP contribution in [0.15, 0.2) is 85.4 Å². The summed E-state index contributed by atoms with van der Waals surface area (Å²) in [6.07, 6.45) is 0.646. The van der Waals surface area contributed by atoms with E-state index in [9.17, 15) is 14.8 Å². The van der Waals surface area contributed by atoms with E-state index in [-0.39, 0.29) is 25.7 Å². The summed E-state index contributed by atoms with van der Waals surface area (Å²) in [6.45, 7) is 4.33. The van der Waals surface area contributed by atoms with E-state index in [0.717, 1.165) is 22.3 Å². The van der Waals surface area contributed by atoms with Crippen molar-refractivity contribution in [1.29, 1.82) is 0 Å². The minimum atomic E-state index is -0.589. The third-order valence-corrected chi connectivity index (χ3v) is 6.17. The van der Waals surface area contributed by atoms with E-state index in [4.69, 9.17) is 21.1 Å². The second-order valence-electron chi connectivity index (χ2n) is 8.61. The van der Waals surface area contributed by atoms with Crippen molar-refractivity contribution in [3.63, 3.8) is 0 Å². The van der Waals surface area contributed by atoms with Crippen LogP contribution in [0.4, 0.5) is 0 Å². The SMILES string of the molecule is C=C(c1ccc(Cl)cc1)c1ccc(C(=O)NC(COCOC)CC(Cc2ccccc2)C(=O)NO)cc1. The smallest absolute Gasteiger partial charge is 0.251 e. The van der Waals surface area contributed by atoms with E-state index in [0.29, 0.717) is 17.0 Å². The molecular weight excluding hydrogens is 492 g/mol. The van der Waals surface area contributed by atoms with Gasteiger partial charge in [0.2, 0.25) is 5.91 Å². The van der Waals surface area contributed by atoms with Gasteiger partial charge in [-0.1, -0.05) is 72.8 Å². The lowest BCUT2D eigenvalue weighted by atomic mass is 9.92. The first kappa shape index (κ1) is 28.1. The molecule has 2 unspecified atom stereocenters. The predicted octanol–water partition coefficient (Wildman–Crippen LogP) is 4.87. The molecule has 3 rings (SSSR count). The van der Waals surface area contributed by atoms with Gasteiger partial charge < -0.3 is 14.8 Å². The van der Waals surface area contributed by atoms with Gasteiger partial charge in [0.25, 0.3) is 5.91 Å². The van der Waals surface area contributed by atoms with Crippen LogP contribution in [-0.4, -0.2) is 43.6 Å². The maximum Gasteiger partial charge on any atom is 0.251 e. The summed E-state index contributed by atoms with van der Waals surface area (Å²) < 4.78 is 10.5. The molecule has 2 atom stereocenters. The average Bonchev–Trinajstić information content (AvgIpc) is 2.93. The summed E-state index contributed by atoms with van der Waals surface area (Å²) in [5.74, 6) is -1.42. The molecule has 194 valence electrons. The van der Waals surface area contributed by atoms with E-state index < -0.39 is 17.9 Å². The topological polar surface area (TPSA) is 96.9 Å². The fourth-order valence-electron chi connectivity index (χ4n) is 3.97. The number of carbonyl (C=O) groups is 2. The minimum absolute atomic E-state index is 0.0451.